The number of para-hydroxylation sites is 1. The molecule has 1 amide bonds. The molecule has 0 aromatic heterocycles. The van der Waals surface area contributed by atoms with E-state index in [0.717, 1.165) is 38.0 Å². The highest BCUT2D eigenvalue weighted by atomic mass is 16.2. The van der Waals surface area contributed by atoms with Crippen molar-refractivity contribution in [1.29, 1.82) is 0 Å². The zero-order valence-corrected chi connectivity index (χ0v) is 10.9. The minimum Gasteiger partial charge on any atom is -0.385 e. The van der Waals surface area contributed by atoms with Crippen molar-refractivity contribution in [2.24, 2.45) is 0 Å². The van der Waals surface area contributed by atoms with Crippen molar-refractivity contribution in [2.75, 3.05) is 18.4 Å². The standard InChI is InChI=1S/C15H20N2O/c1-11-5-4-10-17(11)15(18)13-8-9-16-14-7-3-2-6-12(13)14/h2-3,6-7,11,13,16H,4-5,8-10H2,1H3. The highest BCUT2D eigenvalue weighted by Gasteiger charge is 2.33. The summed E-state index contributed by atoms with van der Waals surface area (Å²) >= 11 is 0. The fourth-order valence-electron chi connectivity index (χ4n) is 3.19. The molecule has 2 unspecified atom stereocenters. The van der Waals surface area contributed by atoms with Gasteiger partial charge in [0.15, 0.2) is 0 Å². The lowest BCUT2D eigenvalue weighted by molar-refractivity contribution is -0.133. The van der Waals surface area contributed by atoms with Crippen LogP contribution in [0, 0.1) is 0 Å². The first kappa shape index (κ1) is 11.6. The number of fused-ring (bicyclic) bond motifs is 1. The van der Waals surface area contributed by atoms with Crippen molar-refractivity contribution in [2.45, 2.75) is 38.1 Å². The third-order valence-corrected chi connectivity index (χ3v) is 4.22. The van der Waals surface area contributed by atoms with Gasteiger partial charge in [-0.2, -0.15) is 0 Å². The fraction of sp³-hybridized carbons (Fsp3) is 0.533. The molecule has 2 atom stereocenters. The predicted molar refractivity (Wildman–Crippen MR) is 72.7 cm³/mol. The molecule has 0 radical (unpaired) electrons. The van der Waals surface area contributed by atoms with Crippen molar-refractivity contribution < 1.29 is 4.79 Å². The first-order valence-corrected chi connectivity index (χ1v) is 6.90. The highest BCUT2D eigenvalue weighted by molar-refractivity contribution is 5.86. The number of nitrogens with one attached hydrogen (secondary N) is 1. The second-order valence-corrected chi connectivity index (χ2v) is 5.38. The molecule has 1 N–H and O–H groups in total. The van der Waals surface area contributed by atoms with Gasteiger partial charge in [-0.15, -0.1) is 0 Å². The SMILES string of the molecule is CC1CCCN1C(=O)C1CCNc2ccccc21. The molecule has 3 rings (SSSR count). The number of anilines is 1. The van der Waals surface area contributed by atoms with Gasteiger partial charge < -0.3 is 10.2 Å². The molecular weight excluding hydrogens is 224 g/mol. The largest absolute Gasteiger partial charge is 0.385 e. The van der Waals surface area contributed by atoms with Crippen LogP contribution in [0.3, 0.4) is 0 Å². The van der Waals surface area contributed by atoms with Crippen molar-refractivity contribution in [3.63, 3.8) is 0 Å². The molecule has 3 nitrogen and oxygen atoms in total. The molecule has 1 aromatic carbocycles. The second-order valence-electron chi connectivity index (χ2n) is 5.38. The number of carbonyl (C=O) groups excluding carboxylic acids is 1. The molecule has 1 saturated heterocycles. The zero-order chi connectivity index (χ0) is 12.5. The Morgan fingerprint density at radius 2 is 2.17 bits per heavy atom. The predicted octanol–water partition coefficient (Wildman–Crippen LogP) is 2.60. The summed E-state index contributed by atoms with van der Waals surface area (Å²) in [6.45, 7) is 4.00. The molecule has 0 saturated carbocycles. The monoisotopic (exact) mass is 244 g/mol. The van der Waals surface area contributed by atoms with Crippen molar-refractivity contribution in [1.82, 2.24) is 4.90 Å². The quantitative estimate of drug-likeness (QED) is 0.823. The Morgan fingerprint density at radius 1 is 1.33 bits per heavy atom. The topological polar surface area (TPSA) is 32.3 Å². The van der Waals surface area contributed by atoms with Crippen molar-refractivity contribution in [3.05, 3.63) is 29.8 Å². The molecule has 2 heterocycles. The minimum absolute atomic E-state index is 0.0583. The lowest BCUT2D eigenvalue weighted by Crippen LogP contribution is -2.39. The number of hydrogen-bond donors (Lipinski definition) is 1. The van der Waals surface area contributed by atoms with E-state index in [4.69, 9.17) is 0 Å². The summed E-state index contributed by atoms with van der Waals surface area (Å²) in [6.07, 6.45) is 3.22. The van der Waals surface area contributed by atoms with Crippen LogP contribution < -0.4 is 5.32 Å². The lowest BCUT2D eigenvalue weighted by atomic mass is 9.89. The van der Waals surface area contributed by atoms with Crippen LogP contribution in [-0.4, -0.2) is 29.9 Å². The maximum absolute atomic E-state index is 12.7. The number of hydrogen-bond acceptors (Lipinski definition) is 2. The van der Waals surface area contributed by atoms with E-state index in [1.165, 1.54) is 5.56 Å². The molecule has 3 heteroatoms. The van der Waals surface area contributed by atoms with Gasteiger partial charge in [-0.1, -0.05) is 18.2 Å². The number of rotatable bonds is 1. The molecule has 0 bridgehead atoms. The van der Waals surface area contributed by atoms with Gasteiger partial charge in [-0.25, -0.2) is 0 Å². The Hall–Kier alpha value is -1.51. The highest BCUT2D eigenvalue weighted by Crippen LogP contribution is 2.34. The summed E-state index contributed by atoms with van der Waals surface area (Å²) < 4.78 is 0. The molecule has 18 heavy (non-hydrogen) atoms. The van der Waals surface area contributed by atoms with Crippen molar-refractivity contribution >= 4 is 11.6 Å². The Kier molecular flexibility index (Phi) is 2.98. The fourth-order valence-corrected chi connectivity index (χ4v) is 3.19. The average molecular weight is 244 g/mol. The van der Waals surface area contributed by atoms with Gasteiger partial charge in [0.2, 0.25) is 5.91 Å². The van der Waals surface area contributed by atoms with Crippen LogP contribution >= 0.6 is 0 Å². The Labute approximate surface area is 108 Å². The van der Waals surface area contributed by atoms with Crippen LogP contribution in [0.15, 0.2) is 24.3 Å². The van der Waals surface area contributed by atoms with Gasteiger partial charge in [0.25, 0.3) is 0 Å². The number of carbonyl (C=O) groups is 1. The van der Waals surface area contributed by atoms with Gasteiger partial charge in [0.05, 0.1) is 5.92 Å². The molecule has 96 valence electrons. The van der Waals surface area contributed by atoms with E-state index in [9.17, 15) is 4.79 Å². The maximum Gasteiger partial charge on any atom is 0.230 e. The van der Waals surface area contributed by atoms with E-state index in [1.54, 1.807) is 0 Å². The number of nitrogens with zero attached hydrogens (tertiary/aromatic N) is 1. The smallest absolute Gasteiger partial charge is 0.230 e. The molecule has 0 aliphatic carbocycles. The molecular formula is C15H20N2O. The molecule has 1 fully saturated rings. The summed E-state index contributed by atoms with van der Waals surface area (Å²) in [6, 6.07) is 8.63. The van der Waals surface area contributed by atoms with Gasteiger partial charge in [-0.05, 0) is 37.8 Å². The number of benzene rings is 1. The summed E-state index contributed by atoms with van der Waals surface area (Å²) in [4.78, 5) is 14.7. The van der Waals surface area contributed by atoms with Crippen LogP contribution in [0.4, 0.5) is 5.69 Å². The summed E-state index contributed by atoms with van der Waals surface area (Å²) in [5.41, 5.74) is 2.31. The van der Waals surface area contributed by atoms with Crippen LogP contribution in [0.1, 0.15) is 37.7 Å². The van der Waals surface area contributed by atoms with Crippen molar-refractivity contribution in [3.8, 4) is 0 Å². The maximum atomic E-state index is 12.7. The van der Waals surface area contributed by atoms with Crippen LogP contribution in [0.5, 0.6) is 0 Å². The second kappa shape index (κ2) is 4.63. The van der Waals surface area contributed by atoms with E-state index in [2.05, 4.69) is 29.3 Å². The molecule has 2 aliphatic heterocycles. The van der Waals surface area contributed by atoms with E-state index in [0.29, 0.717) is 11.9 Å². The Morgan fingerprint density at radius 3 is 2.94 bits per heavy atom. The van der Waals surface area contributed by atoms with Gasteiger partial charge in [0.1, 0.15) is 0 Å². The summed E-state index contributed by atoms with van der Waals surface area (Å²) in [5.74, 6) is 0.386. The molecule has 2 aliphatic rings. The number of likely N-dealkylation sites (tertiary alicyclic amines) is 1. The van der Waals surface area contributed by atoms with Gasteiger partial charge in [-0.3, -0.25) is 4.79 Å². The summed E-state index contributed by atoms with van der Waals surface area (Å²) in [7, 11) is 0. The Balaban J connectivity index is 1.87. The number of amides is 1. The van der Waals surface area contributed by atoms with E-state index in [-0.39, 0.29) is 5.92 Å². The van der Waals surface area contributed by atoms with Gasteiger partial charge in [0, 0.05) is 24.8 Å². The van der Waals surface area contributed by atoms with Crippen LogP contribution in [-0.2, 0) is 4.79 Å². The minimum atomic E-state index is 0.0583. The van der Waals surface area contributed by atoms with Crippen LogP contribution in [0.2, 0.25) is 0 Å². The molecule has 1 aromatic rings. The third-order valence-electron chi connectivity index (χ3n) is 4.22. The van der Waals surface area contributed by atoms with Gasteiger partial charge >= 0.3 is 0 Å². The first-order valence-electron chi connectivity index (χ1n) is 6.90. The third kappa shape index (κ3) is 1.88. The normalized spacial score (nSPS) is 26.6. The van der Waals surface area contributed by atoms with E-state index in [1.807, 2.05) is 12.1 Å². The zero-order valence-electron chi connectivity index (χ0n) is 10.9. The lowest BCUT2D eigenvalue weighted by Gasteiger charge is -2.31. The first-order chi connectivity index (χ1) is 8.77. The average Bonchev–Trinajstić information content (AvgIpc) is 2.83. The van der Waals surface area contributed by atoms with E-state index >= 15 is 0 Å². The Bertz CT molecular complexity index is 458. The summed E-state index contributed by atoms with van der Waals surface area (Å²) in [5, 5.41) is 3.38. The molecule has 0 spiro atoms. The van der Waals surface area contributed by atoms with E-state index < -0.39 is 0 Å². The van der Waals surface area contributed by atoms with Crippen LogP contribution in [0.25, 0.3) is 0 Å².